The van der Waals surface area contributed by atoms with Crippen LogP contribution in [0.1, 0.15) is 40.9 Å². The summed E-state index contributed by atoms with van der Waals surface area (Å²) in [4.78, 5) is 22.2. The van der Waals surface area contributed by atoms with Crippen LogP contribution in [0.3, 0.4) is 0 Å². The molecule has 0 bridgehead atoms. The summed E-state index contributed by atoms with van der Waals surface area (Å²) >= 11 is 0. The van der Waals surface area contributed by atoms with Crippen LogP contribution in [0.25, 0.3) is 0 Å². The monoisotopic (exact) mass is 279 g/mol. The highest BCUT2D eigenvalue weighted by Gasteiger charge is 2.24. The van der Waals surface area contributed by atoms with Gasteiger partial charge in [0.05, 0.1) is 11.7 Å². The Kier molecular flexibility index (Phi) is 4.36. The van der Waals surface area contributed by atoms with E-state index in [4.69, 9.17) is 4.74 Å². The van der Waals surface area contributed by atoms with Crippen molar-refractivity contribution >= 4 is 11.9 Å². The first-order valence-electron chi connectivity index (χ1n) is 6.39. The van der Waals surface area contributed by atoms with Gasteiger partial charge in [-0.15, -0.1) is 0 Å². The van der Waals surface area contributed by atoms with Gasteiger partial charge in [0.1, 0.15) is 12.7 Å². The number of hydrogen-bond donors (Lipinski definition) is 3. The third-order valence-electron chi connectivity index (χ3n) is 3.23. The molecule has 2 rings (SSSR count). The molecular formula is C14H17NO5. The van der Waals surface area contributed by atoms with Crippen LogP contribution in [0.15, 0.2) is 18.2 Å². The number of cyclic esters (lactones) is 1. The number of aliphatic hydroxyl groups excluding tert-OH is 2. The first-order chi connectivity index (χ1) is 9.49. The number of aliphatic hydroxyl groups is 2. The van der Waals surface area contributed by atoms with E-state index < -0.39 is 18.2 Å². The van der Waals surface area contributed by atoms with Crippen molar-refractivity contribution in [3.63, 3.8) is 0 Å². The molecule has 1 amide bonds. The van der Waals surface area contributed by atoms with E-state index in [-0.39, 0.29) is 25.5 Å². The van der Waals surface area contributed by atoms with E-state index in [1.165, 1.54) is 13.0 Å². The number of ether oxygens (including phenoxy) is 1. The van der Waals surface area contributed by atoms with Crippen molar-refractivity contribution in [3.05, 3.63) is 34.9 Å². The van der Waals surface area contributed by atoms with Gasteiger partial charge in [-0.1, -0.05) is 12.1 Å². The number of benzene rings is 1. The summed E-state index contributed by atoms with van der Waals surface area (Å²) in [7, 11) is 0. The van der Waals surface area contributed by atoms with E-state index in [0.29, 0.717) is 11.1 Å². The largest absolute Gasteiger partial charge is 0.457 e. The van der Waals surface area contributed by atoms with Gasteiger partial charge in [0, 0.05) is 19.0 Å². The predicted molar refractivity (Wildman–Crippen MR) is 69.8 cm³/mol. The first kappa shape index (κ1) is 14.5. The fourth-order valence-corrected chi connectivity index (χ4v) is 2.09. The third kappa shape index (κ3) is 3.15. The van der Waals surface area contributed by atoms with Crippen molar-refractivity contribution in [1.29, 1.82) is 0 Å². The molecule has 1 aromatic carbocycles. The minimum absolute atomic E-state index is 0.188. The number of carbonyl (C=O) groups excluding carboxylic acids is 2. The Morgan fingerprint density at radius 2 is 2.20 bits per heavy atom. The molecular weight excluding hydrogens is 262 g/mol. The van der Waals surface area contributed by atoms with Crippen LogP contribution in [0.5, 0.6) is 0 Å². The molecule has 2 atom stereocenters. The SMILES string of the molecule is CC(=O)NCCC(O)C(O)c1ccc2c(c1)C(=O)OC2. The Hall–Kier alpha value is -1.92. The minimum atomic E-state index is -1.11. The van der Waals surface area contributed by atoms with E-state index in [2.05, 4.69) is 5.32 Å². The Morgan fingerprint density at radius 3 is 2.90 bits per heavy atom. The van der Waals surface area contributed by atoms with Gasteiger partial charge in [-0.25, -0.2) is 4.79 Å². The smallest absolute Gasteiger partial charge is 0.338 e. The lowest BCUT2D eigenvalue weighted by molar-refractivity contribution is -0.119. The number of rotatable bonds is 5. The third-order valence-corrected chi connectivity index (χ3v) is 3.23. The molecule has 1 heterocycles. The Labute approximate surface area is 116 Å². The highest BCUT2D eigenvalue weighted by atomic mass is 16.5. The molecule has 3 N–H and O–H groups in total. The van der Waals surface area contributed by atoms with Crippen LogP contribution in [0.4, 0.5) is 0 Å². The maximum absolute atomic E-state index is 11.4. The molecule has 0 fully saturated rings. The van der Waals surface area contributed by atoms with E-state index >= 15 is 0 Å². The van der Waals surface area contributed by atoms with E-state index in [0.717, 1.165) is 5.56 Å². The molecule has 1 aromatic rings. The molecule has 0 aromatic heterocycles. The van der Waals surface area contributed by atoms with Crippen LogP contribution < -0.4 is 5.32 Å². The van der Waals surface area contributed by atoms with E-state index in [9.17, 15) is 19.8 Å². The average molecular weight is 279 g/mol. The van der Waals surface area contributed by atoms with Crippen LogP contribution in [-0.2, 0) is 16.1 Å². The van der Waals surface area contributed by atoms with Crippen LogP contribution >= 0.6 is 0 Å². The van der Waals surface area contributed by atoms with Gasteiger partial charge >= 0.3 is 5.97 Å². The van der Waals surface area contributed by atoms with Gasteiger partial charge < -0.3 is 20.3 Å². The van der Waals surface area contributed by atoms with Gasteiger partial charge in [-0.2, -0.15) is 0 Å². The number of esters is 1. The van der Waals surface area contributed by atoms with Gasteiger partial charge in [0.15, 0.2) is 0 Å². The molecule has 0 aliphatic carbocycles. The number of fused-ring (bicyclic) bond motifs is 1. The number of carbonyl (C=O) groups is 2. The molecule has 1 aliphatic heterocycles. The van der Waals surface area contributed by atoms with Crippen molar-refractivity contribution < 1.29 is 24.5 Å². The summed E-state index contributed by atoms with van der Waals surface area (Å²) in [5.41, 5.74) is 1.66. The van der Waals surface area contributed by atoms with E-state index in [1.54, 1.807) is 12.1 Å². The highest BCUT2D eigenvalue weighted by molar-refractivity contribution is 5.93. The van der Waals surface area contributed by atoms with Gasteiger partial charge in [-0.3, -0.25) is 4.79 Å². The number of nitrogens with one attached hydrogen (secondary N) is 1. The lowest BCUT2D eigenvalue weighted by Crippen LogP contribution is -2.27. The zero-order valence-corrected chi connectivity index (χ0v) is 11.1. The maximum Gasteiger partial charge on any atom is 0.338 e. The molecule has 0 saturated carbocycles. The fraction of sp³-hybridized carbons (Fsp3) is 0.429. The molecule has 6 heteroatoms. The maximum atomic E-state index is 11.4. The van der Waals surface area contributed by atoms with Crippen LogP contribution in [0, 0.1) is 0 Å². The topological polar surface area (TPSA) is 95.9 Å². The molecule has 0 spiro atoms. The van der Waals surface area contributed by atoms with Crippen molar-refractivity contribution in [2.45, 2.75) is 32.2 Å². The summed E-state index contributed by atoms with van der Waals surface area (Å²) in [6.07, 6.45) is -1.90. The second-order valence-electron chi connectivity index (χ2n) is 4.78. The van der Waals surface area contributed by atoms with Crippen molar-refractivity contribution in [1.82, 2.24) is 5.32 Å². The Balaban J connectivity index is 2.02. The summed E-state index contributed by atoms with van der Waals surface area (Å²) in [5, 5.41) is 22.5. The average Bonchev–Trinajstić information content (AvgIpc) is 2.78. The summed E-state index contributed by atoms with van der Waals surface area (Å²) in [6.45, 7) is 1.91. The predicted octanol–water partition coefficient (Wildman–Crippen LogP) is 0.277. The summed E-state index contributed by atoms with van der Waals surface area (Å²) < 4.78 is 4.88. The summed E-state index contributed by atoms with van der Waals surface area (Å²) in [6, 6.07) is 4.91. The zero-order chi connectivity index (χ0) is 14.7. The van der Waals surface area contributed by atoms with Crippen LogP contribution in [-0.4, -0.2) is 34.7 Å². The lowest BCUT2D eigenvalue weighted by Gasteiger charge is -2.18. The summed E-state index contributed by atoms with van der Waals surface area (Å²) in [5.74, 6) is -0.603. The molecule has 20 heavy (non-hydrogen) atoms. The van der Waals surface area contributed by atoms with Crippen LogP contribution in [0.2, 0.25) is 0 Å². The second-order valence-corrected chi connectivity index (χ2v) is 4.78. The Morgan fingerprint density at radius 1 is 1.45 bits per heavy atom. The van der Waals surface area contributed by atoms with Gasteiger partial charge in [-0.05, 0) is 18.1 Å². The standard InChI is InChI=1S/C14H17NO5/c1-8(16)15-5-4-12(17)13(18)9-2-3-10-7-20-14(19)11(10)6-9/h2-3,6,12-13,17-18H,4-5,7H2,1H3,(H,15,16). The normalized spacial score (nSPS) is 16.2. The quantitative estimate of drug-likeness (QED) is 0.673. The molecule has 2 unspecified atom stereocenters. The zero-order valence-electron chi connectivity index (χ0n) is 11.1. The molecule has 0 radical (unpaired) electrons. The lowest BCUT2D eigenvalue weighted by atomic mass is 9.98. The second kappa shape index (κ2) is 6.02. The molecule has 6 nitrogen and oxygen atoms in total. The van der Waals surface area contributed by atoms with Crippen molar-refractivity contribution in [2.24, 2.45) is 0 Å². The van der Waals surface area contributed by atoms with Crippen molar-refractivity contribution in [3.8, 4) is 0 Å². The number of amides is 1. The highest BCUT2D eigenvalue weighted by Crippen LogP contribution is 2.26. The van der Waals surface area contributed by atoms with Crippen molar-refractivity contribution in [2.75, 3.05) is 6.54 Å². The van der Waals surface area contributed by atoms with Gasteiger partial charge in [0.2, 0.25) is 5.91 Å². The van der Waals surface area contributed by atoms with E-state index in [1.807, 2.05) is 0 Å². The first-order valence-corrected chi connectivity index (χ1v) is 6.39. The number of hydrogen-bond acceptors (Lipinski definition) is 5. The molecule has 0 saturated heterocycles. The fourth-order valence-electron chi connectivity index (χ4n) is 2.09. The molecule has 108 valence electrons. The molecule has 1 aliphatic rings. The van der Waals surface area contributed by atoms with Gasteiger partial charge in [0.25, 0.3) is 0 Å². The minimum Gasteiger partial charge on any atom is -0.457 e. The Bertz CT molecular complexity index is 528.